The van der Waals surface area contributed by atoms with Crippen molar-refractivity contribution in [3.8, 4) is 0 Å². The van der Waals surface area contributed by atoms with E-state index in [2.05, 4.69) is 12.2 Å². The van der Waals surface area contributed by atoms with E-state index in [0.29, 0.717) is 6.47 Å². The summed E-state index contributed by atoms with van der Waals surface area (Å²) < 4.78 is 0. The second-order valence-electron chi connectivity index (χ2n) is 3.41. The Kier molecular flexibility index (Phi) is 3.02. The topological polar surface area (TPSA) is 29.5 Å². The van der Waals surface area contributed by atoms with Gasteiger partial charge in [0.2, 0.25) is 0 Å². The smallest absolute Gasteiger partial charge is 0.320 e. The molecule has 0 radical (unpaired) electrons. The number of nitrogens with zero attached hydrogens (tertiary/aromatic N) is 1. The van der Waals surface area contributed by atoms with Crippen LogP contribution in [0, 0.1) is 0 Å². The fraction of sp³-hybridized carbons (Fsp3) is 0.250. The first-order valence-corrected chi connectivity index (χ1v) is 5.05. The van der Waals surface area contributed by atoms with Gasteiger partial charge in [-0.05, 0) is 18.9 Å². The molecule has 78 valence electrons. The van der Waals surface area contributed by atoms with Crippen LogP contribution < -0.4 is 5.06 Å². The Hall–Kier alpha value is -1.77. The van der Waals surface area contributed by atoms with E-state index in [0.717, 1.165) is 30.6 Å². The van der Waals surface area contributed by atoms with Crippen molar-refractivity contribution in [3.63, 3.8) is 0 Å². The lowest BCUT2D eigenvalue weighted by atomic mass is 10.1. The number of hydrogen-bond donors (Lipinski definition) is 0. The molecule has 1 aliphatic heterocycles. The highest BCUT2D eigenvalue weighted by Crippen LogP contribution is 2.24. The molecule has 1 aliphatic rings. The minimum absolute atomic E-state index is 0.474. The van der Waals surface area contributed by atoms with Crippen molar-refractivity contribution in [2.24, 2.45) is 0 Å². The number of allylic oxidation sites excluding steroid dienone is 1. The third-order valence-corrected chi connectivity index (χ3v) is 2.41. The summed E-state index contributed by atoms with van der Waals surface area (Å²) in [7, 11) is 0. The van der Waals surface area contributed by atoms with Gasteiger partial charge < -0.3 is 4.84 Å². The summed E-state index contributed by atoms with van der Waals surface area (Å²) in [6, 6.07) is 7.88. The normalized spacial score (nSPS) is 17.2. The monoisotopic (exact) mass is 203 g/mol. The van der Waals surface area contributed by atoms with Crippen molar-refractivity contribution < 1.29 is 9.63 Å². The molecule has 0 saturated carbocycles. The van der Waals surface area contributed by atoms with Gasteiger partial charge in [-0.3, -0.25) is 4.79 Å². The van der Waals surface area contributed by atoms with Crippen LogP contribution in [0.1, 0.15) is 18.4 Å². The molecule has 0 saturated heterocycles. The number of hydroxylamine groups is 1. The number of rotatable bonds is 2. The zero-order valence-corrected chi connectivity index (χ0v) is 8.43. The van der Waals surface area contributed by atoms with Gasteiger partial charge in [-0.2, -0.15) is 0 Å². The SMILES string of the molecule is O=CON1CCC/C=C\c2ccccc21. The van der Waals surface area contributed by atoms with Crippen LogP contribution in [-0.4, -0.2) is 13.0 Å². The highest BCUT2D eigenvalue weighted by atomic mass is 16.7. The summed E-state index contributed by atoms with van der Waals surface area (Å²) in [6.07, 6.45) is 6.21. The Morgan fingerprint density at radius 3 is 3.07 bits per heavy atom. The van der Waals surface area contributed by atoms with Crippen LogP contribution in [0.25, 0.3) is 6.08 Å². The molecule has 0 atom stereocenters. The zero-order valence-electron chi connectivity index (χ0n) is 8.43. The summed E-state index contributed by atoms with van der Waals surface area (Å²) in [6.45, 7) is 1.21. The summed E-state index contributed by atoms with van der Waals surface area (Å²) >= 11 is 0. The second kappa shape index (κ2) is 4.64. The molecular weight excluding hydrogens is 190 g/mol. The van der Waals surface area contributed by atoms with Gasteiger partial charge in [-0.1, -0.05) is 30.4 Å². The van der Waals surface area contributed by atoms with Gasteiger partial charge in [0.05, 0.1) is 12.2 Å². The number of benzene rings is 1. The maximum Gasteiger partial charge on any atom is 0.320 e. The zero-order chi connectivity index (χ0) is 10.5. The molecule has 0 aromatic heterocycles. The van der Waals surface area contributed by atoms with Crippen molar-refractivity contribution in [1.29, 1.82) is 0 Å². The number of carbonyl (C=O) groups is 1. The first-order valence-electron chi connectivity index (χ1n) is 5.05. The van der Waals surface area contributed by atoms with E-state index in [1.54, 1.807) is 5.06 Å². The van der Waals surface area contributed by atoms with Crippen LogP contribution in [0.15, 0.2) is 30.3 Å². The number of hydrogen-bond acceptors (Lipinski definition) is 3. The van der Waals surface area contributed by atoms with E-state index in [-0.39, 0.29) is 0 Å². The first-order chi connectivity index (χ1) is 7.42. The van der Waals surface area contributed by atoms with Crippen LogP contribution in [-0.2, 0) is 9.63 Å². The molecular formula is C12H13NO2. The molecule has 1 aromatic carbocycles. The standard InChI is InChI=1S/C12H13NO2/c14-10-15-13-9-5-1-2-6-11-7-3-4-8-12(11)13/h2-4,6-8,10H,1,5,9H2/b6-2-. The molecule has 0 fully saturated rings. The molecule has 0 N–H and O–H groups in total. The Morgan fingerprint density at radius 1 is 1.33 bits per heavy atom. The average molecular weight is 203 g/mol. The van der Waals surface area contributed by atoms with E-state index in [1.165, 1.54) is 0 Å². The van der Waals surface area contributed by atoms with E-state index in [1.807, 2.05) is 24.3 Å². The molecule has 3 heteroatoms. The van der Waals surface area contributed by atoms with Crippen molar-refractivity contribution in [2.75, 3.05) is 11.6 Å². The highest BCUT2D eigenvalue weighted by Gasteiger charge is 2.11. The molecule has 2 rings (SSSR count). The summed E-state index contributed by atoms with van der Waals surface area (Å²) in [5.41, 5.74) is 2.03. The van der Waals surface area contributed by atoms with Crippen molar-refractivity contribution in [1.82, 2.24) is 0 Å². The van der Waals surface area contributed by atoms with Gasteiger partial charge in [0, 0.05) is 5.56 Å². The quantitative estimate of drug-likeness (QED) is 0.691. The number of para-hydroxylation sites is 1. The lowest BCUT2D eigenvalue weighted by Gasteiger charge is -2.23. The predicted octanol–water partition coefficient (Wildman–Crippen LogP) is 2.39. The largest absolute Gasteiger partial charge is 0.344 e. The molecule has 0 aliphatic carbocycles. The summed E-state index contributed by atoms with van der Waals surface area (Å²) in [5, 5.41) is 1.64. The fourth-order valence-electron chi connectivity index (χ4n) is 1.70. The van der Waals surface area contributed by atoms with Gasteiger partial charge in [0.15, 0.2) is 0 Å². The molecule has 1 aromatic rings. The first kappa shape index (κ1) is 9.77. The van der Waals surface area contributed by atoms with Crippen molar-refractivity contribution in [2.45, 2.75) is 12.8 Å². The highest BCUT2D eigenvalue weighted by molar-refractivity contribution is 5.67. The van der Waals surface area contributed by atoms with Crippen LogP contribution in [0.5, 0.6) is 0 Å². The molecule has 3 nitrogen and oxygen atoms in total. The minimum atomic E-state index is 0.474. The summed E-state index contributed by atoms with van der Waals surface area (Å²) in [4.78, 5) is 15.4. The van der Waals surface area contributed by atoms with Crippen LogP contribution in [0.4, 0.5) is 5.69 Å². The number of fused-ring (bicyclic) bond motifs is 1. The van der Waals surface area contributed by atoms with E-state index in [9.17, 15) is 4.79 Å². The van der Waals surface area contributed by atoms with Crippen LogP contribution in [0.2, 0.25) is 0 Å². The van der Waals surface area contributed by atoms with Gasteiger partial charge in [0.1, 0.15) is 0 Å². The Morgan fingerprint density at radius 2 is 2.20 bits per heavy atom. The lowest BCUT2D eigenvalue weighted by molar-refractivity contribution is -0.130. The maximum atomic E-state index is 10.4. The third-order valence-electron chi connectivity index (χ3n) is 2.41. The Labute approximate surface area is 88.9 Å². The Balaban J connectivity index is 2.37. The number of carbonyl (C=O) groups excluding carboxylic acids is 1. The lowest BCUT2D eigenvalue weighted by Crippen LogP contribution is -2.25. The van der Waals surface area contributed by atoms with Gasteiger partial charge in [-0.15, -0.1) is 0 Å². The molecule has 0 spiro atoms. The van der Waals surface area contributed by atoms with E-state index >= 15 is 0 Å². The minimum Gasteiger partial charge on any atom is -0.344 e. The Bertz CT molecular complexity index is 374. The molecule has 1 heterocycles. The molecule has 0 amide bonds. The van der Waals surface area contributed by atoms with Gasteiger partial charge >= 0.3 is 6.47 Å². The molecule has 0 bridgehead atoms. The van der Waals surface area contributed by atoms with Crippen molar-refractivity contribution in [3.05, 3.63) is 35.9 Å². The van der Waals surface area contributed by atoms with E-state index in [4.69, 9.17) is 4.84 Å². The van der Waals surface area contributed by atoms with Crippen LogP contribution >= 0.6 is 0 Å². The molecule has 15 heavy (non-hydrogen) atoms. The van der Waals surface area contributed by atoms with E-state index < -0.39 is 0 Å². The van der Waals surface area contributed by atoms with Gasteiger partial charge in [-0.25, -0.2) is 5.06 Å². The van der Waals surface area contributed by atoms with Crippen molar-refractivity contribution >= 4 is 18.2 Å². The predicted molar refractivity (Wildman–Crippen MR) is 59.2 cm³/mol. The summed E-state index contributed by atoms with van der Waals surface area (Å²) in [5.74, 6) is 0. The number of anilines is 1. The van der Waals surface area contributed by atoms with Crippen LogP contribution in [0.3, 0.4) is 0 Å². The molecule has 0 unspecified atom stereocenters. The second-order valence-corrected chi connectivity index (χ2v) is 3.41. The fourth-order valence-corrected chi connectivity index (χ4v) is 1.70. The van der Waals surface area contributed by atoms with Gasteiger partial charge in [0.25, 0.3) is 0 Å². The third kappa shape index (κ3) is 2.18. The average Bonchev–Trinajstić information content (AvgIpc) is 2.24. The maximum absolute atomic E-state index is 10.4.